The van der Waals surface area contributed by atoms with Crippen molar-refractivity contribution in [1.82, 2.24) is 0 Å². The van der Waals surface area contributed by atoms with Crippen LogP contribution in [0.3, 0.4) is 0 Å². The molecule has 2 atom stereocenters. The molecule has 1 amide bonds. The highest BCUT2D eigenvalue weighted by Gasteiger charge is 2.21. The standard InChI is InChI=1S/C22H24N2O3/c1-16(21-9-6-14-26-21)23-17(2)22(25)24-19-10-12-20(13-11-19)27-15-18-7-4-3-5-8-18/h3-14,16-17,23H,15H2,1-2H3,(H,24,25)/p+1/t16-,17-/m0/s1. The molecule has 0 aliphatic carbocycles. The van der Waals surface area contributed by atoms with E-state index >= 15 is 0 Å². The number of rotatable bonds is 8. The van der Waals surface area contributed by atoms with Crippen LogP contribution in [0.5, 0.6) is 5.75 Å². The van der Waals surface area contributed by atoms with Gasteiger partial charge in [-0.3, -0.25) is 4.79 Å². The van der Waals surface area contributed by atoms with E-state index in [1.165, 1.54) is 0 Å². The monoisotopic (exact) mass is 365 g/mol. The van der Waals surface area contributed by atoms with Crippen molar-refractivity contribution in [2.24, 2.45) is 0 Å². The summed E-state index contributed by atoms with van der Waals surface area (Å²) in [5.74, 6) is 1.57. The number of furan rings is 1. The summed E-state index contributed by atoms with van der Waals surface area (Å²) in [4.78, 5) is 12.4. The average molecular weight is 365 g/mol. The fourth-order valence-electron chi connectivity index (χ4n) is 2.80. The highest BCUT2D eigenvalue weighted by molar-refractivity contribution is 5.93. The van der Waals surface area contributed by atoms with Gasteiger partial charge in [-0.15, -0.1) is 0 Å². The van der Waals surface area contributed by atoms with E-state index in [1.54, 1.807) is 6.26 Å². The molecular formula is C22H25N2O3+. The largest absolute Gasteiger partial charge is 0.489 e. The van der Waals surface area contributed by atoms with Gasteiger partial charge in [-0.25, -0.2) is 0 Å². The van der Waals surface area contributed by atoms with Crippen LogP contribution in [0, 0.1) is 0 Å². The first-order valence-electron chi connectivity index (χ1n) is 9.08. The highest BCUT2D eigenvalue weighted by atomic mass is 16.5. The number of quaternary nitrogens is 1. The van der Waals surface area contributed by atoms with E-state index in [0.717, 1.165) is 22.8 Å². The predicted octanol–water partition coefficient (Wildman–Crippen LogP) is 3.51. The van der Waals surface area contributed by atoms with Gasteiger partial charge < -0.3 is 19.8 Å². The number of nitrogens with one attached hydrogen (secondary N) is 1. The summed E-state index contributed by atoms with van der Waals surface area (Å²) >= 11 is 0. The van der Waals surface area contributed by atoms with Gasteiger partial charge in [-0.2, -0.15) is 0 Å². The molecule has 27 heavy (non-hydrogen) atoms. The number of amides is 1. The Morgan fingerprint density at radius 2 is 1.78 bits per heavy atom. The van der Waals surface area contributed by atoms with Crippen LogP contribution in [0.4, 0.5) is 5.69 Å². The van der Waals surface area contributed by atoms with Crippen molar-refractivity contribution >= 4 is 11.6 Å². The van der Waals surface area contributed by atoms with Crippen molar-refractivity contribution in [1.29, 1.82) is 0 Å². The van der Waals surface area contributed by atoms with E-state index in [0.29, 0.717) is 6.61 Å². The first kappa shape index (κ1) is 18.7. The molecule has 140 valence electrons. The van der Waals surface area contributed by atoms with Gasteiger partial charge in [0.25, 0.3) is 5.91 Å². The summed E-state index contributed by atoms with van der Waals surface area (Å²) in [6.07, 6.45) is 1.64. The van der Waals surface area contributed by atoms with Crippen LogP contribution >= 0.6 is 0 Å². The third kappa shape index (κ3) is 5.46. The molecule has 0 radical (unpaired) electrons. The smallest absolute Gasteiger partial charge is 0.282 e. The number of carbonyl (C=O) groups is 1. The van der Waals surface area contributed by atoms with Crippen molar-refractivity contribution in [3.05, 3.63) is 84.3 Å². The fourth-order valence-corrected chi connectivity index (χ4v) is 2.80. The van der Waals surface area contributed by atoms with E-state index < -0.39 is 0 Å². The SMILES string of the molecule is C[C@H]([NH2+][C@@H](C)c1ccco1)C(=O)Nc1ccc(OCc2ccccc2)cc1. The Labute approximate surface area is 159 Å². The maximum atomic E-state index is 12.4. The number of ether oxygens (including phenoxy) is 1. The Kier molecular flexibility index (Phi) is 6.28. The lowest BCUT2D eigenvalue weighted by molar-refractivity contribution is -0.711. The molecular weight excluding hydrogens is 340 g/mol. The maximum Gasteiger partial charge on any atom is 0.282 e. The van der Waals surface area contributed by atoms with Crippen molar-refractivity contribution < 1.29 is 19.3 Å². The molecule has 0 spiro atoms. The minimum atomic E-state index is -0.237. The van der Waals surface area contributed by atoms with Crippen molar-refractivity contribution in [3.63, 3.8) is 0 Å². The molecule has 0 fully saturated rings. The fraction of sp³-hybridized carbons (Fsp3) is 0.227. The number of hydrogen-bond acceptors (Lipinski definition) is 3. The molecule has 3 N–H and O–H groups in total. The van der Waals surface area contributed by atoms with Gasteiger partial charge >= 0.3 is 0 Å². The van der Waals surface area contributed by atoms with Crippen LogP contribution in [0.15, 0.2) is 77.4 Å². The van der Waals surface area contributed by atoms with E-state index in [9.17, 15) is 4.79 Å². The minimum Gasteiger partial charge on any atom is -0.489 e. The van der Waals surface area contributed by atoms with Gasteiger partial charge in [0.1, 0.15) is 18.4 Å². The second-order valence-electron chi connectivity index (χ2n) is 6.57. The lowest BCUT2D eigenvalue weighted by Gasteiger charge is -2.15. The van der Waals surface area contributed by atoms with Gasteiger partial charge in [0.15, 0.2) is 11.8 Å². The van der Waals surface area contributed by atoms with Crippen LogP contribution in [-0.4, -0.2) is 11.9 Å². The first-order chi connectivity index (χ1) is 13.1. The van der Waals surface area contributed by atoms with Crippen LogP contribution in [0.2, 0.25) is 0 Å². The molecule has 5 heteroatoms. The Morgan fingerprint density at radius 1 is 1.04 bits per heavy atom. The summed E-state index contributed by atoms with van der Waals surface area (Å²) in [5.41, 5.74) is 1.86. The molecule has 2 aromatic carbocycles. The lowest BCUT2D eigenvalue weighted by atomic mass is 10.2. The molecule has 3 aromatic rings. The number of nitrogens with two attached hydrogens (primary N) is 1. The Morgan fingerprint density at radius 3 is 2.44 bits per heavy atom. The molecule has 0 aliphatic heterocycles. The summed E-state index contributed by atoms with van der Waals surface area (Å²) in [7, 11) is 0. The lowest BCUT2D eigenvalue weighted by Crippen LogP contribution is -2.91. The third-order valence-electron chi connectivity index (χ3n) is 4.35. The van der Waals surface area contributed by atoms with E-state index in [1.807, 2.05) is 85.9 Å². The molecule has 1 heterocycles. The van der Waals surface area contributed by atoms with Crippen molar-refractivity contribution in [2.45, 2.75) is 32.5 Å². The second-order valence-corrected chi connectivity index (χ2v) is 6.57. The van der Waals surface area contributed by atoms with Crippen LogP contribution in [0.1, 0.15) is 31.2 Å². The molecule has 0 aliphatic rings. The van der Waals surface area contributed by atoms with Gasteiger partial charge in [-0.05, 0) is 55.8 Å². The van der Waals surface area contributed by atoms with E-state index in [2.05, 4.69) is 5.32 Å². The van der Waals surface area contributed by atoms with Crippen molar-refractivity contribution in [2.75, 3.05) is 5.32 Å². The highest BCUT2D eigenvalue weighted by Crippen LogP contribution is 2.17. The quantitative estimate of drug-likeness (QED) is 0.642. The zero-order valence-electron chi connectivity index (χ0n) is 15.6. The Hall–Kier alpha value is -3.05. The normalized spacial score (nSPS) is 13.0. The molecule has 0 saturated carbocycles. The van der Waals surface area contributed by atoms with Gasteiger partial charge in [0.05, 0.1) is 6.26 Å². The van der Waals surface area contributed by atoms with Crippen LogP contribution in [0.25, 0.3) is 0 Å². The molecule has 0 saturated heterocycles. The number of hydrogen-bond donors (Lipinski definition) is 2. The summed E-state index contributed by atoms with van der Waals surface area (Å²) in [6.45, 7) is 4.41. The maximum absolute atomic E-state index is 12.4. The summed E-state index contributed by atoms with van der Waals surface area (Å²) in [6, 6.07) is 21.0. The third-order valence-corrected chi connectivity index (χ3v) is 4.35. The molecule has 0 unspecified atom stereocenters. The van der Waals surface area contributed by atoms with Gasteiger partial charge in [-0.1, -0.05) is 30.3 Å². The van der Waals surface area contributed by atoms with E-state index in [4.69, 9.17) is 9.15 Å². The second kappa shape index (κ2) is 9.05. The minimum absolute atomic E-state index is 0.0497. The van der Waals surface area contributed by atoms with Crippen LogP contribution < -0.4 is 15.4 Å². The van der Waals surface area contributed by atoms with Crippen molar-refractivity contribution in [3.8, 4) is 5.75 Å². The van der Waals surface area contributed by atoms with Gasteiger partial charge in [0.2, 0.25) is 0 Å². The van der Waals surface area contributed by atoms with Gasteiger partial charge in [0, 0.05) is 5.69 Å². The van der Waals surface area contributed by atoms with E-state index in [-0.39, 0.29) is 18.0 Å². The molecule has 5 nitrogen and oxygen atoms in total. The zero-order chi connectivity index (χ0) is 19.1. The number of carbonyl (C=O) groups excluding carboxylic acids is 1. The Balaban J connectivity index is 1.49. The molecule has 1 aromatic heterocycles. The summed E-state index contributed by atoms with van der Waals surface area (Å²) < 4.78 is 11.1. The first-order valence-corrected chi connectivity index (χ1v) is 9.08. The Bertz CT molecular complexity index is 830. The topological polar surface area (TPSA) is 68.1 Å². The van der Waals surface area contributed by atoms with Crippen LogP contribution in [-0.2, 0) is 11.4 Å². The number of anilines is 1. The average Bonchev–Trinajstić information content (AvgIpc) is 3.23. The summed E-state index contributed by atoms with van der Waals surface area (Å²) in [5, 5.41) is 4.91. The number of benzene rings is 2. The molecule has 3 rings (SSSR count). The zero-order valence-corrected chi connectivity index (χ0v) is 15.6. The molecule has 0 bridgehead atoms. The predicted molar refractivity (Wildman–Crippen MR) is 104 cm³/mol.